The Morgan fingerprint density at radius 1 is 1.29 bits per heavy atom. The highest BCUT2D eigenvalue weighted by atomic mass is 35.5. The van der Waals surface area contributed by atoms with E-state index in [2.05, 4.69) is 0 Å². The maximum atomic E-state index is 11.2. The van der Waals surface area contributed by atoms with E-state index in [1.54, 1.807) is 18.2 Å². The second kappa shape index (κ2) is 6.76. The molecule has 0 bridgehead atoms. The summed E-state index contributed by atoms with van der Waals surface area (Å²) in [5, 5.41) is 0.764. The standard InChI is InChI=1S/C15H15Cl2NO6/c1-9(22-11-4-2-3-10(16)12(11)17)7-18-5-6-21-15(8-18)23-13(19)14(20)24-15/h2-4,9H,5-8H2,1H3. The number of carbonyl (C=O) groups is 2. The van der Waals surface area contributed by atoms with E-state index in [1.165, 1.54) is 0 Å². The van der Waals surface area contributed by atoms with Crippen molar-refractivity contribution in [3.05, 3.63) is 28.2 Å². The highest BCUT2D eigenvalue weighted by molar-refractivity contribution is 6.42. The van der Waals surface area contributed by atoms with Crippen LogP contribution in [-0.4, -0.2) is 55.2 Å². The minimum Gasteiger partial charge on any atom is -0.488 e. The van der Waals surface area contributed by atoms with Gasteiger partial charge in [0.1, 0.15) is 23.4 Å². The number of morpholine rings is 1. The highest BCUT2D eigenvalue weighted by Gasteiger charge is 2.53. The van der Waals surface area contributed by atoms with Crippen molar-refractivity contribution in [1.82, 2.24) is 4.90 Å². The minimum atomic E-state index is -1.65. The lowest BCUT2D eigenvalue weighted by molar-refractivity contribution is -0.339. The number of hydrogen-bond acceptors (Lipinski definition) is 7. The summed E-state index contributed by atoms with van der Waals surface area (Å²) < 4.78 is 21.0. The van der Waals surface area contributed by atoms with Gasteiger partial charge < -0.3 is 18.9 Å². The molecule has 2 saturated heterocycles. The Morgan fingerprint density at radius 3 is 2.71 bits per heavy atom. The van der Waals surface area contributed by atoms with Crippen molar-refractivity contribution in [2.24, 2.45) is 0 Å². The van der Waals surface area contributed by atoms with E-state index in [0.717, 1.165) is 0 Å². The average Bonchev–Trinajstić information content (AvgIpc) is 2.77. The molecule has 0 N–H and O–H groups in total. The first-order valence-corrected chi connectivity index (χ1v) is 8.07. The first-order valence-electron chi connectivity index (χ1n) is 7.32. The summed E-state index contributed by atoms with van der Waals surface area (Å²) in [5.74, 6) is -3.27. The van der Waals surface area contributed by atoms with Gasteiger partial charge in [-0.15, -0.1) is 0 Å². The summed E-state index contributed by atoms with van der Waals surface area (Å²) in [6.45, 7) is 3.30. The highest BCUT2D eigenvalue weighted by Crippen LogP contribution is 2.32. The van der Waals surface area contributed by atoms with Gasteiger partial charge in [-0.2, -0.15) is 0 Å². The quantitative estimate of drug-likeness (QED) is 0.587. The Kier molecular flexibility index (Phi) is 4.87. The summed E-state index contributed by atoms with van der Waals surface area (Å²) in [6.07, 6.45) is -0.232. The third kappa shape index (κ3) is 3.59. The van der Waals surface area contributed by atoms with Crippen LogP contribution in [0.1, 0.15) is 6.92 Å². The summed E-state index contributed by atoms with van der Waals surface area (Å²) >= 11 is 12.1. The van der Waals surface area contributed by atoms with Gasteiger partial charge in [0, 0.05) is 13.1 Å². The molecule has 7 nitrogen and oxygen atoms in total. The Balaban J connectivity index is 1.60. The van der Waals surface area contributed by atoms with Gasteiger partial charge in [-0.1, -0.05) is 29.3 Å². The van der Waals surface area contributed by atoms with Gasteiger partial charge in [-0.05, 0) is 19.1 Å². The summed E-state index contributed by atoms with van der Waals surface area (Å²) in [5.41, 5.74) is 0. The molecule has 130 valence electrons. The summed E-state index contributed by atoms with van der Waals surface area (Å²) in [4.78, 5) is 24.4. The van der Waals surface area contributed by atoms with Crippen LogP contribution in [-0.2, 0) is 23.8 Å². The maximum absolute atomic E-state index is 11.2. The fourth-order valence-corrected chi connectivity index (χ4v) is 2.92. The second-order valence-corrected chi connectivity index (χ2v) is 6.31. The minimum absolute atomic E-state index is 0.113. The smallest absolute Gasteiger partial charge is 0.422 e. The molecule has 1 aromatic carbocycles. The first-order chi connectivity index (χ1) is 11.4. The lowest BCUT2D eigenvalue weighted by Gasteiger charge is -2.37. The molecule has 1 unspecified atom stereocenters. The zero-order chi connectivity index (χ0) is 17.3. The zero-order valence-electron chi connectivity index (χ0n) is 12.8. The predicted octanol–water partition coefficient (Wildman–Crippen LogP) is 1.85. The van der Waals surface area contributed by atoms with Gasteiger partial charge in [0.25, 0.3) is 0 Å². The van der Waals surface area contributed by atoms with Crippen LogP contribution in [0.15, 0.2) is 18.2 Å². The third-order valence-electron chi connectivity index (χ3n) is 3.57. The molecule has 0 radical (unpaired) electrons. The monoisotopic (exact) mass is 375 g/mol. The molecule has 2 fully saturated rings. The van der Waals surface area contributed by atoms with Crippen LogP contribution in [0, 0.1) is 0 Å². The fourth-order valence-electron chi connectivity index (χ4n) is 2.59. The fraction of sp³-hybridized carbons (Fsp3) is 0.467. The van der Waals surface area contributed by atoms with Gasteiger partial charge in [0.05, 0.1) is 11.6 Å². The van der Waals surface area contributed by atoms with Crippen LogP contribution < -0.4 is 4.74 Å². The lowest BCUT2D eigenvalue weighted by Crippen LogP contribution is -2.54. The van der Waals surface area contributed by atoms with Crippen molar-refractivity contribution in [2.75, 3.05) is 26.2 Å². The van der Waals surface area contributed by atoms with Crippen LogP contribution in [0.5, 0.6) is 5.75 Å². The van der Waals surface area contributed by atoms with E-state index in [-0.39, 0.29) is 19.3 Å². The Morgan fingerprint density at radius 2 is 2.00 bits per heavy atom. The van der Waals surface area contributed by atoms with E-state index in [4.69, 9.17) is 42.1 Å². The molecule has 2 heterocycles. The number of halogens is 2. The molecule has 3 rings (SSSR count). The molecule has 1 aromatic rings. The van der Waals surface area contributed by atoms with Crippen molar-refractivity contribution < 1.29 is 28.5 Å². The molecule has 0 amide bonds. The largest absolute Gasteiger partial charge is 0.488 e. The topological polar surface area (TPSA) is 74.3 Å². The first kappa shape index (κ1) is 17.3. The van der Waals surface area contributed by atoms with Crippen LogP contribution in [0.3, 0.4) is 0 Å². The SMILES string of the molecule is CC(CN1CCOC2(C1)OC(=O)C(=O)O2)Oc1cccc(Cl)c1Cl. The van der Waals surface area contributed by atoms with Gasteiger partial charge in [0.15, 0.2) is 0 Å². The Labute approximate surface area is 148 Å². The van der Waals surface area contributed by atoms with E-state index >= 15 is 0 Å². The van der Waals surface area contributed by atoms with E-state index in [1.807, 2.05) is 11.8 Å². The molecule has 9 heteroatoms. The van der Waals surface area contributed by atoms with Crippen molar-refractivity contribution in [3.63, 3.8) is 0 Å². The van der Waals surface area contributed by atoms with Crippen LogP contribution in [0.4, 0.5) is 0 Å². The molecular formula is C15H15Cl2NO6. The number of nitrogens with zero attached hydrogens (tertiary/aromatic N) is 1. The zero-order valence-corrected chi connectivity index (χ0v) is 14.3. The molecule has 0 aliphatic carbocycles. The van der Waals surface area contributed by atoms with Gasteiger partial charge in [-0.3, -0.25) is 4.90 Å². The number of carbonyl (C=O) groups excluding carboxylic acids is 2. The number of esters is 2. The maximum Gasteiger partial charge on any atom is 0.422 e. The normalized spacial score (nSPS) is 21.5. The van der Waals surface area contributed by atoms with Crippen LogP contribution >= 0.6 is 23.2 Å². The van der Waals surface area contributed by atoms with Crippen LogP contribution in [0.2, 0.25) is 10.0 Å². The molecule has 0 aromatic heterocycles. The number of rotatable bonds is 4. The van der Waals surface area contributed by atoms with Gasteiger partial charge >= 0.3 is 17.9 Å². The molecule has 1 spiro atoms. The number of ether oxygens (including phenoxy) is 4. The third-order valence-corrected chi connectivity index (χ3v) is 4.37. The molecular weight excluding hydrogens is 361 g/mol. The van der Waals surface area contributed by atoms with Crippen molar-refractivity contribution >= 4 is 35.1 Å². The Hall–Kier alpha value is -1.54. The summed E-state index contributed by atoms with van der Waals surface area (Å²) in [7, 11) is 0. The number of hydrogen-bond donors (Lipinski definition) is 0. The molecule has 2 aliphatic heterocycles. The van der Waals surface area contributed by atoms with Gasteiger partial charge in [0.2, 0.25) is 0 Å². The Bertz CT molecular complexity index is 651. The van der Waals surface area contributed by atoms with Crippen LogP contribution in [0.25, 0.3) is 0 Å². The lowest BCUT2D eigenvalue weighted by atomic mass is 10.3. The van der Waals surface area contributed by atoms with Crippen molar-refractivity contribution in [1.29, 1.82) is 0 Å². The summed E-state index contributed by atoms with van der Waals surface area (Å²) in [6, 6.07) is 5.15. The van der Waals surface area contributed by atoms with Gasteiger partial charge in [-0.25, -0.2) is 9.59 Å². The number of benzene rings is 1. The average molecular weight is 376 g/mol. The second-order valence-electron chi connectivity index (χ2n) is 5.53. The molecule has 1 atom stereocenters. The predicted molar refractivity (Wildman–Crippen MR) is 83.9 cm³/mol. The van der Waals surface area contributed by atoms with Crippen molar-refractivity contribution in [2.45, 2.75) is 19.0 Å². The molecule has 2 aliphatic rings. The molecule has 24 heavy (non-hydrogen) atoms. The van der Waals surface area contributed by atoms with E-state index in [9.17, 15) is 9.59 Å². The van der Waals surface area contributed by atoms with Crippen molar-refractivity contribution in [3.8, 4) is 5.75 Å². The molecule has 0 saturated carbocycles. The van der Waals surface area contributed by atoms with E-state index in [0.29, 0.717) is 28.9 Å². The van der Waals surface area contributed by atoms with E-state index < -0.39 is 17.9 Å².